The summed E-state index contributed by atoms with van der Waals surface area (Å²) in [5.74, 6) is 4.69. The normalized spacial score (nSPS) is 19.5. The van der Waals surface area contributed by atoms with Gasteiger partial charge in [-0.2, -0.15) is 15.1 Å². The number of aromatic nitrogens is 8. The molecule has 8 aromatic rings. The molecule has 0 atom stereocenters. The lowest BCUT2D eigenvalue weighted by Gasteiger charge is -2.38. The Morgan fingerprint density at radius 1 is 0.479 bits per heavy atom. The zero-order valence-electron chi connectivity index (χ0n) is 67.9. The number of halogens is 2. The Labute approximate surface area is 707 Å². The number of rotatable bonds is 12. The number of H-pyrrole nitrogens is 1. The number of carbonyl (C=O) groups excluding carboxylic acids is 5. The summed E-state index contributed by atoms with van der Waals surface area (Å²) < 4.78 is 35.9. The second-order valence-electron chi connectivity index (χ2n) is 32.9. The summed E-state index contributed by atoms with van der Waals surface area (Å²) >= 11 is 17.3. The molecule has 636 valence electrons. The van der Waals surface area contributed by atoms with Gasteiger partial charge in [-0.3, -0.25) is 29.3 Å². The smallest absolute Gasteiger partial charge is 0.410 e. The maximum absolute atomic E-state index is 13.4. The molecule has 0 bridgehead atoms. The minimum Gasteiger partial charge on any atom is -0.487 e. The molecule has 35 heteroatoms. The van der Waals surface area contributed by atoms with Crippen molar-refractivity contribution in [2.45, 2.75) is 131 Å². The van der Waals surface area contributed by atoms with Crippen LogP contribution in [0.2, 0.25) is 10.6 Å². The van der Waals surface area contributed by atoms with E-state index < -0.39 is 11.2 Å². The van der Waals surface area contributed by atoms with E-state index in [-0.39, 0.29) is 53.8 Å². The fraction of sp³-hybridized carbons (Fsp3) is 0.634. The number of benzene rings is 1. The number of amides is 5. The van der Waals surface area contributed by atoms with Crippen LogP contribution in [-0.2, 0) is 51.2 Å². The molecule has 9 saturated heterocycles. The van der Waals surface area contributed by atoms with Gasteiger partial charge in [-0.25, -0.2) is 29.5 Å². The molecule has 117 heavy (non-hydrogen) atoms. The number of carbonyl (C=O) groups is 5. The van der Waals surface area contributed by atoms with Crippen molar-refractivity contribution in [3.8, 4) is 16.5 Å². The monoisotopic (exact) mass is 1710 g/mol. The van der Waals surface area contributed by atoms with Crippen LogP contribution in [0.15, 0.2) is 42.6 Å². The molecule has 0 aliphatic carbocycles. The summed E-state index contributed by atoms with van der Waals surface area (Å²) in [6.07, 6.45) is 10.4. The van der Waals surface area contributed by atoms with Gasteiger partial charge in [0, 0.05) is 162 Å². The third kappa shape index (κ3) is 22.7. The van der Waals surface area contributed by atoms with Crippen molar-refractivity contribution >= 4 is 146 Å². The Bertz CT molecular complexity index is 4630. The van der Waals surface area contributed by atoms with Gasteiger partial charge in [-0.05, 0) is 180 Å². The molecule has 0 saturated carbocycles. The number of piperazine rings is 2. The van der Waals surface area contributed by atoms with E-state index in [0.29, 0.717) is 110 Å². The second-order valence-corrected chi connectivity index (χ2v) is 36.8. The van der Waals surface area contributed by atoms with Crippen molar-refractivity contribution in [2.24, 2.45) is 17.8 Å². The number of nitrogens with one attached hydrogen (secondary N) is 2. The van der Waals surface area contributed by atoms with Crippen molar-refractivity contribution in [2.75, 3.05) is 205 Å². The van der Waals surface area contributed by atoms with Gasteiger partial charge in [0.05, 0.1) is 89.1 Å². The number of hydrogen-bond donors (Lipinski definition) is 2. The SMILES string of the molecule is C.CC(C)(C)OC(=O)N1CCN(C(=O)C2CCN(Cc3cc4nc(-c5cccc6[nH]ncc56)nc(N5CCOCC5)c4s3)CC2)CC1.CC(C)(C)OC(=O)N1CCN(C(=O)C2CCN(Cc3cc4nc(Cl)nc(N5CCOCC5)c4s3)CC2)CC1.COc1cc2nc(Cl)nc(N3CCOCC3)c2s1.O=C(C1CCNCC1)N1CCCCC1. The van der Waals surface area contributed by atoms with E-state index in [4.69, 9.17) is 61.6 Å². The number of nitrogens with zero attached hydrogens (tertiary/aromatic N) is 17. The fourth-order valence-electron chi connectivity index (χ4n) is 16.2. The van der Waals surface area contributed by atoms with Gasteiger partial charge in [0.25, 0.3) is 0 Å². The molecule has 17 rings (SSSR count). The average molecular weight is 1710 g/mol. The predicted molar refractivity (Wildman–Crippen MR) is 461 cm³/mol. The average Bonchev–Trinajstić information content (AvgIpc) is 1.65. The number of likely N-dealkylation sites (tertiary alicyclic amines) is 3. The molecule has 16 heterocycles. The molecule has 1 aromatic carbocycles. The van der Waals surface area contributed by atoms with Crippen LogP contribution in [0.25, 0.3) is 52.9 Å². The fourth-order valence-corrected chi connectivity index (χ4v) is 19.8. The van der Waals surface area contributed by atoms with Crippen molar-refractivity contribution in [3.05, 3.63) is 62.9 Å². The van der Waals surface area contributed by atoms with Gasteiger partial charge in [0.1, 0.15) is 11.2 Å². The minimum absolute atomic E-state index is 0. The molecule has 9 aliphatic heterocycles. The van der Waals surface area contributed by atoms with Gasteiger partial charge in [0.2, 0.25) is 28.3 Å². The Morgan fingerprint density at radius 3 is 1.32 bits per heavy atom. The van der Waals surface area contributed by atoms with E-state index in [9.17, 15) is 24.0 Å². The van der Waals surface area contributed by atoms with E-state index >= 15 is 0 Å². The Morgan fingerprint density at radius 2 is 0.880 bits per heavy atom. The molecule has 0 radical (unpaired) electrons. The van der Waals surface area contributed by atoms with Crippen molar-refractivity contribution in [1.29, 1.82) is 0 Å². The second kappa shape index (κ2) is 40.1. The first-order valence-corrected chi connectivity index (χ1v) is 44.4. The number of methoxy groups -OCH3 is 1. The number of aromatic amines is 1. The van der Waals surface area contributed by atoms with E-state index in [1.54, 1.807) is 39.6 Å². The van der Waals surface area contributed by atoms with E-state index in [2.05, 4.69) is 83.0 Å². The van der Waals surface area contributed by atoms with E-state index in [1.165, 1.54) is 40.4 Å². The molecule has 9 fully saturated rings. The molecular weight excluding hydrogens is 1590 g/mol. The quantitative estimate of drug-likeness (QED) is 0.107. The van der Waals surface area contributed by atoms with Crippen molar-refractivity contribution in [1.82, 2.24) is 79.7 Å². The first-order valence-electron chi connectivity index (χ1n) is 41.2. The van der Waals surface area contributed by atoms with Crippen LogP contribution in [0, 0.1) is 17.8 Å². The third-order valence-electron chi connectivity index (χ3n) is 22.4. The first kappa shape index (κ1) is 87.1. The number of morpholine rings is 3. The summed E-state index contributed by atoms with van der Waals surface area (Å²) in [6.45, 7) is 33.7. The highest BCUT2D eigenvalue weighted by Gasteiger charge is 2.37. The maximum Gasteiger partial charge on any atom is 0.410 e. The largest absolute Gasteiger partial charge is 0.487 e. The molecule has 30 nitrogen and oxygen atoms in total. The summed E-state index contributed by atoms with van der Waals surface area (Å²) in [7, 11) is 1.65. The van der Waals surface area contributed by atoms with Gasteiger partial charge in [0.15, 0.2) is 28.3 Å². The van der Waals surface area contributed by atoms with Crippen molar-refractivity contribution < 1.29 is 52.4 Å². The summed E-state index contributed by atoms with van der Waals surface area (Å²) in [5, 5.41) is 13.0. The molecular formula is C82H115Cl2N19O11S3. The predicted octanol–water partition coefficient (Wildman–Crippen LogP) is 11.7. The molecule has 0 spiro atoms. The zero-order chi connectivity index (χ0) is 81.0. The van der Waals surface area contributed by atoms with Crippen LogP contribution in [0.3, 0.4) is 0 Å². The number of hydrogen-bond acceptors (Lipinski definition) is 27. The van der Waals surface area contributed by atoms with Crippen LogP contribution < -0.4 is 24.8 Å². The highest BCUT2D eigenvalue weighted by molar-refractivity contribution is 7.21. The third-order valence-corrected chi connectivity index (χ3v) is 26.0. The van der Waals surface area contributed by atoms with Crippen LogP contribution in [-0.4, -0.2) is 306 Å². The number of piperidine rings is 4. The van der Waals surface area contributed by atoms with Crippen LogP contribution in [0.4, 0.5) is 27.0 Å². The molecule has 7 aromatic heterocycles. The highest BCUT2D eigenvalue weighted by Crippen LogP contribution is 2.41. The summed E-state index contributed by atoms with van der Waals surface area (Å²) in [5.41, 5.74) is 3.58. The highest BCUT2D eigenvalue weighted by atomic mass is 35.5. The van der Waals surface area contributed by atoms with Gasteiger partial charge in [-0.1, -0.05) is 30.9 Å². The van der Waals surface area contributed by atoms with Gasteiger partial charge < -0.3 is 72.9 Å². The van der Waals surface area contributed by atoms with Gasteiger partial charge >= 0.3 is 12.2 Å². The lowest BCUT2D eigenvalue weighted by molar-refractivity contribution is -0.139. The Kier molecular flexibility index (Phi) is 29.9. The topological polar surface area (TPSA) is 291 Å². The first-order chi connectivity index (χ1) is 56.0. The summed E-state index contributed by atoms with van der Waals surface area (Å²) in [6, 6.07) is 12.3. The number of fused-ring (bicyclic) bond motifs is 4. The Hall–Kier alpha value is -7.70. The van der Waals surface area contributed by atoms with Gasteiger partial charge in [-0.15, -0.1) is 22.7 Å². The molecule has 9 aliphatic rings. The molecule has 0 unspecified atom stereocenters. The standard InChI is InChI=1S/C33H42N8O4S.C26H37ClN6O4S.C11H12ClN3O2S.C11H20N2O.CH4/c1-33(2,3)45-32(43)41-13-11-40(12-14-41)31(42)22-7-9-38(10-8-22)21-23-19-27-28(46-23)30(39-15-17-44-18-16-39)36-29(35-27)24-5-4-6-26-25(24)20-34-37-26;1-26(2,3)37-25(35)33-10-8-32(9-11-33)23(34)18-4-6-30(7-5-18)17-19-16-20-21(38-19)22(29-24(27)28-20)31-12-14-36-15-13-31;1-16-8-6-7-9(18-8)10(14-11(12)13-7)15-2-4-17-5-3-15;14-11(10-4-6-12-7-5-10)13-8-2-1-3-9-13;/h4-6,19-20,22H,7-18,21H2,1-3H3,(H,34,37);16,18H,4-15,17H2,1-3H3;6H,2-5H2,1H3;10,12H,1-9H2;1H4. The minimum atomic E-state index is -0.523. The van der Waals surface area contributed by atoms with Crippen molar-refractivity contribution in [3.63, 3.8) is 0 Å². The molecule has 2 N–H and O–H groups in total. The Balaban J connectivity index is 0.000000149. The molecule has 5 amide bonds. The van der Waals surface area contributed by atoms with E-state index in [0.717, 1.165) is 213 Å². The number of ether oxygens (including phenoxy) is 6. The maximum atomic E-state index is 13.4. The lowest BCUT2D eigenvalue weighted by atomic mass is 9.95. The van der Waals surface area contributed by atoms with Crippen LogP contribution >= 0.6 is 57.2 Å². The number of thiophene rings is 3. The summed E-state index contributed by atoms with van der Waals surface area (Å²) in [4.78, 5) is 115. The van der Waals surface area contributed by atoms with Crippen LogP contribution in [0.1, 0.15) is 117 Å². The van der Waals surface area contributed by atoms with Crippen LogP contribution in [0.5, 0.6) is 5.06 Å². The van der Waals surface area contributed by atoms with E-state index in [1.807, 2.05) is 75.7 Å². The lowest BCUT2D eigenvalue weighted by Crippen LogP contribution is -2.53. The number of anilines is 3. The zero-order valence-corrected chi connectivity index (χ0v) is 71.9.